The van der Waals surface area contributed by atoms with Crippen LogP contribution in [0, 0.1) is 0 Å². The molecule has 7 heteroatoms. The Bertz CT molecular complexity index is 1240. The molecule has 0 radical (unpaired) electrons. The van der Waals surface area contributed by atoms with Gasteiger partial charge in [-0.1, -0.05) is 18.2 Å². The number of aromatic nitrogens is 3. The maximum atomic E-state index is 12.5. The average Bonchev–Trinajstić information content (AvgIpc) is 3.33. The van der Waals surface area contributed by atoms with Crippen molar-refractivity contribution in [2.45, 2.75) is 6.54 Å². The summed E-state index contributed by atoms with van der Waals surface area (Å²) in [5.41, 5.74) is 3.29. The fourth-order valence-corrected chi connectivity index (χ4v) is 3.37. The van der Waals surface area contributed by atoms with E-state index in [2.05, 4.69) is 15.0 Å². The highest BCUT2D eigenvalue weighted by Gasteiger charge is 2.10. The summed E-state index contributed by atoms with van der Waals surface area (Å²) in [7, 11) is 3.38. The van der Waals surface area contributed by atoms with E-state index in [9.17, 15) is 9.90 Å². The van der Waals surface area contributed by atoms with Gasteiger partial charge in [0.15, 0.2) is 11.5 Å². The van der Waals surface area contributed by atoms with E-state index in [-0.39, 0.29) is 11.7 Å². The van der Waals surface area contributed by atoms with Crippen molar-refractivity contribution in [3.8, 4) is 11.5 Å². The minimum absolute atomic E-state index is 0.0252. The summed E-state index contributed by atoms with van der Waals surface area (Å²) in [5, 5.41) is 18.3. The molecule has 0 saturated heterocycles. The number of nitrogens with one attached hydrogen (secondary N) is 1. The van der Waals surface area contributed by atoms with Crippen molar-refractivity contribution in [2.75, 3.05) is 12.4 Å². The Balaban J connectivity index is 1.55. The van der Waals surface area contributed by atoms with E-state index >= 15 is 0 Å². The summed E-state index contributed by atoms with van der Waals surface area (Å²) in [6.45, 7) is 0.609. The van der Waals surface area contributed by atoms with Crippen LogP contribution in [0.2, 0.25) is 0 Å². The van der Waals surface area contributed by atoms with Crippen molar-refractivity contribution >= 4 is 28.6 Å². The van der Waals surface area contributed by atoms with Gasteiger partial charge in [-0.05, 0) is 42.0 Å². The number of aryl methyl sites for hydroxylation is 1. The summed E-state index contributed by atoms with van der Waals surface area (Å²) in [6.07, 6.45) is 6.98. The van der Waals surface area contributed by atoms with Crippen molar-refractivity contribution in [2.24, 2.45) is 7.05 Å². The maximum absolute atomic E-state index is 12.5. The third-order valence-electron chi connectivity index (χ3n) is 4.78. The first kappa shape index (κ1) is 19.3. The molecule has 1 amide bonds. The largest absolute Gasteiger partial charge is 0.504 e. The molecule has 30 heavy (non-hydrogen) atoms. The van der Waals surface area contributed by atoms with E-state index in [1.54, 1.807) is 29.0 Å². The number of anilines is 1. The summed E-state index contributed by atoms with van der Waals surface area (Å²) in [5.74, 6) is 0.150. The number of carbonyl (C=O) groups is 1. The van der Waals surface area contributed by atoms with Crippen LogP contribution >= 0.6 is 0 Å². The number of amides is 1. The number of phenols is 1. The summed E-state index contributed by atoms with van der Waals surface area (Å²) >= 11 is 0. The van der Waals surface area contributed by atoms with Crippen LogP contribution in [-0.4, -0.2) is 32.5 Å². The molecule has 152 valence electrons. The average molecular weight is 402 g/mol. The highest BCUT2D eigenvalue weighted by atomic mass is 16.5. The molecule has 0 aliphatic rings. The molecule has 0 aliphatic carbocycles. The number of phenolic OH excluding ortho intramolecular Hbond substituents is 1. The third kappa shape index (κ3) is 4.05. The molecule has 2 N–H and O–H groups in total. The summed E-state index contributed by atoms with van der Waals surface area (Å²) < 4.78 is 8.87. The highest BCUT2D eigenvalue weighted by Crippen LogP contribution is 2.27. The van der Waals surface area contributed by atoms with Crippen LogP contribution in [0.5, 0.6) is 11.5 Å². The predicted molar refractivity (Wildman–Crippen MR) is 117 cm³/mol. The van der Waals surface area contributed by atoms with E-state index in [1.165, 1.54) is 13.2 Å². The lowest BCUT2D eigenvalue weighted by atomic mass is 10.2. The Morgan fingerprint density at radius 1 is 1.20 bits per heavy atom. The second kappa shape index (κ2) is 8.16. The number of hydrogen-bond donors (Lipinski definition) is 2. The Kier molecular flexibility index (Phi) is 5.26. The molecule has 2 aromatic carbocycles. The van der Waals surface area contributed by atoms with Gasteiger partial charge < -0.3 is 19.7 Å². The Hall–Kier alpha value is -4.00. The zero-order valence-electron chi connectivity index (χ0n) is 16.7. The van der Waals surface area contributed by atoms with E-state index in [4.69, 9.17) is 4.74 Å². The first-order chi connectivity index (χ1) is 14.5. The highest BCUT2D eigenvalue weighted by molar-refractivity contribution is 6.06. The molecule has 7 nitrogen and oxygen atoms in total. The molecule has 2 heterocycles. The van der Waals surface area contributed by atoms with Crippen LogP contribution in [0.3, 0.4) is 0 Å². The molecular weight excluding hydrogens is 380 g/mol. The number of methoxy groups -OCH3 is 1. The lowest BCUT2D eigenvalue weighted by Gasteiger charge is -2.09. The Labute approximate surface area is 173 Å². The number of nitrogens with zero attached hydrogens (tertiary/aromatic N) is 3. The minimum Gasteiger partial charge on any atom is -0.504 e. The molecule has 0 fully saturated rings. The fraction of sp³-hybridized carbons (Fsp3) is 0.130. The van der Waals surface area contributed by atoms with Gasteiger partial charge in [-0.15, -0.1) is 0 Å². The zero-order chi connectivity index (χ0) is 21.1. The van der Waals surface area contributed by atoms with Gasteiger partial charge in [0.25, 0.3) is 0 Å². The monoisotopic (exact) mass is 402 g/mol. The van der Waals surface area contributed by atoms with Crippen LogP contribution in [0.4, 0.5) is 5.69 Å². The van der Waals surface area contributed by atoms with Crippen LogP contribution in [0.25, 0.3) is 17.0 Å². The maximum Gasteiger partial charge on any atom is 0.248 e. The van der Waals surface area contributed by atoms with Crippen LogP contribution in [0.1, 0.15) is 11.3 Å². The van der Waals surface area contributed by atoms with Gasteiger partial charge in [0.1, 0.15) is 0 Å². The topological polar surface area (TPSA) is 81.3 Å². The summed E-state index contributed by atoms with van der Waals surface area (Å²) in [6, 6.07) is 14.7. The van der Waals surface area contributed by atoms with Crippen molar-refractivity contribution in [1.29, 1.82) is 0 Å². The van der Waals surface area contributed by atoms with Crippen molar-refractivity contribution in [1.82, 2.24) is 14.3 Å². The van der Waals surface area contributed by atoms with Gasteiger partial charge in [0.05, 0.1) is 30.6 Å². The molecule has 4 aromatic rings. The number of hydrogen-bond acceptors (Lipinski definition) is 4. The van der Waals surface area contributed by atoms with E-state index in [0.717, 1.165) is 22.3 Å². The van der Waals surface area contributed by atoms with Gasteiger partial charge in [0.2, 0.25) is 5.91 Å². The second-order valence-corrected chi connectivity index (χ2v) is 6.92. The number of benzene rings is 2. The number of fused-ring (bicyclic) bond motifs is 1. The van der Waals surface area contributed by atoms with Crippen LogP contribution in [-0.2, 0) is 18.4 Å². The van der Waals surface area contributed by atoms with Gasteiger partial charge >= 0.3 is 0 Å². The lowest BCUT2D eigenvalue weighted by molar-refractivity contribution is -0.111. The fourth-order valence-electron chi connectivity index (χ4n) is 3.37. The molecule has 0 unspecified atom stereocenters. The Morgan fingerprint density at radius 2 is 2.07 bits per heavy atom. The second-order valence-electron chi connectivity index (χ2n) is 6.92. The van der Waals surface area contributed by atoms with Crippen molar-refractivity contribution < 1.29 is 14.6 Å². The SMILES string of the molecule is COc1ccc(C=CC(=O)Nc2cccc3ccn(Cc4ccn(C)n4)c23)cc1O. The van der Waals surface area contributed by atoms with Gasteiger partial charge in [-0.2, -0.15) is 5.10 Å². The molecule has 0 atom stereocenters. The smallest absolute Gasteiger partial charge is 0.248 e. The summed E-state index contributed by atoms with van der Waals surface area (Å²) in [4.78, 5) is 12.5. The van der Waals surface area contributed by atoms with Gasteiger partial charge in [0, 0.05) is 30.9 Å². The molecule has 4 rings (SSSR count). The van der Waals surface area contributed by atoms with Gasteiger partial charge in [-0.25, -0.2) is 0 Å². The molecule has 0 saturated carbocycles. The standard InChI is InChI=1S/C23H22N4O3/c1-26-12-11-18(25-26)15-27-13-10-17-4-3-5-19(23(17)27)24-22(29)9-7-16-6-8-21(30-2)20(28)14-16/h3-14,28H,15H2,1-2H3,(H,24,29). The number of rotatable bonds is 6. The van der Waals surface area contributed by atoms with Crippen LogP contribution in [0.15, 0.2) is 67.0 Å². The number of para-hydroxylation sites is 1. The normalized spacial score (nSPS) is 11.3. The van der Waals surface area contributed by atoms with Crippen molar-refractivity contribution in [3.05, 3.63) is 78.3 Å². The molecule has 0 bridgehead atoms. The molecule has 0 aliphatic heterocycles. The predicted octanol–water partition coefficient (Wildman–Crippen LogP) is 3.79. The lowest BCUT2D eigenvalue weighted by Crippen LogP contribution is -2.10. The Morgan fingerprint density at radius 3 is 2.80 bits per heavy atom. The third-order valence-corrected chi connectivity index (χ3v) is 4.78. The van der Waals surface area contributed by atoms with E-state index in [1.807, 2.05) is 49.8 Å². The first-order valence-electron chi connectivity index (χ1n) is 9.46. The quantitative estimate of drug-likeness (QED) is 0.481. The van der Waals surface area contributed by atoms with E-state index in [0.29, 0.717) is 17.9 Å². The minimum atomic E-state index is -0.261. The number of carbonyl (C=O) groups excluding carboxylic acids is 1. The molecule has 0 spiro atoms. The van der Waals surface area contributed by atoms with Crippen molar-refractivity contribution in [3.63, 3.8) is 0 Å². The van der Waals surface area contributed by atoms with Gasteiger partial charge in [-0.3, -0.25) is 9.48 Å². The van der Waals surface area contributed by atoms with Crippen LogP contribution < -0.4 is 10.1 Å². The first-order valence-corrected chi connectivity index (χ1v) is 9.46. The zero-order valence-corrected chi connectivity index (χ0v) is 16.7. The molecular formula is C23H22N4O3. The molecule has 2 aromatic heterocycles. The number of aromatic hydroxyl groups is 1. The number of ether oxygens (including phenoxy) is 1. The van der Waals surface area contributed by atoms with E-state index < -0.39 is 0 Å².